The largest absolute Gasteiger partial charge is 0 e. The second kappa shape index (κ2) is 110. The first kappa shape index (κ1) is 36.0. The van der Waals surface area contributed by atoms with Crippen LogP contribution in [0.1, 0.15) is 19.3 Å². The average molecular weight is 409 g/mol. The zero-order valence-electron chi connectivity index (χ0n) is 8.99. The third-order valence-corrected chi connectivity index (χ3v) is 1.21. The Hall–Kier alpha value is -0.652. The molecule has 0 aromatic heterocycles. The number of hydrogen-bond acceptors (Lipinski definition) is 1. The van der Waals surface area contributed by atoms with Crippen LogP contribution in [0.2, 0.25) is 0 Å². The van der Waals surface area contributed by atoms with Gasteiger partial charge in [0, 0.05) is 21.1 Å². The summed E-state index contributed by atoms with van der Waals surface area (Å²) in [7, 11) is 0. The molecule has 6 nitrogen and oxygen atoms in total. The number of nitrogens with one attached hydrogen (secondary N) is 1. The van der Waals surface area contributed by atoms with Gasteiger partial charge in [0.25, 0.3) is 0 Å². The third-order valence-electron chi connectivity index (χ3n) is 1.21. The molecule has 7 heteroatoms. The molecule has 17 heavy (non-hydrogen) atoms. The summed E-state index contributed by atoms with van der Waals surface area (Å²) in [5.74, 6) is 0. The summed E-state index contributed by atoms with van der Waals surface area (Å²) < 4.78 is 37.5. The van der Waals surface area contributed by atoms with E-state index in [0.29, 0.717) is 0 Å². The summed E-state index contributed by atoms with van der Waals surface area (Å²) in [6, 6.07) is 0. The van der Waals surface area contributed by atoms with E-state index in [-0.39, 0.29) is 21.1 Å². The predicted octanol–water partition coefficient (Wildman–Crippen LogP) is 0.570. The molecule has 0 bridgehead atoms. The van der Waals surface area contributed by atoms with Gasteiger partial charge in [-0.05, 0) is 25.9 Å². The summed E-state index contributed by atoms with van der Waals surface area (Å²) in [4.78, 5) is 0. The van der Waals surface area contributed by atoms with E-state index in [0.717, 1.165) is 0 Å². The average Bonchev–Trinajstić information content (AvgIpc) is 2.51. The van der Waals surface area contributed by atoms with E-state index < -0.39 is 0 Å². The maximum absolute atomic E-state index is 7.50. The Bertz CT molecular complexity index is 135. The summed E-state index contributed by atoms with van der Waals surface area (Å²) in [6.45, 7) is 25.0. The zero-order valence-corrected chi connectivity index (χ0v) is 11.9. The second-order valence-electron chi connectivity index (χ2n) is 1.81. The van der Waals surface area contributed by atoms with Gasteiger partial charge >= 0.3 is 56.5 Å². The van der Waals surface area contributed by atoms with Crippen molar-refractivity contribution in [2.24, 2.45) is 0 Å². The number of hydrogen-bond donors (Lipinski definition) is 1. The molecule has 0 atom stereocenters. The molecule has 0 saturated carbocycles. The number of piperidine rings is 1. The minimum atomic E-state index is 0. The van der Waals surface area contributed by atoms with Gasteiger partial charge in [-0.15, -0.1) is 0 Å². The second-order valence-corrected chi connectivity index (χ2v) is 1.81. The van der Waals surface area contributed by atoms with Crippen molar-refractivity contribution in [3.63, 3.8) is 0 Å². The molecule has 92 valence electrons. The molecule has 1 fully saturated rings. The molecule has 1 aliphatic heterocycles. The van der Waals surface area contributed by atoms with Crippen LogP contribution in [0.4, 0.5) is 0 Å². The van der Waals surface area contributed by atoms with Crippen LogP contribution in [-0.4, -0.2) is 13.1 Å². The van der Waals surface area contributed by atoms with Gasteiger partial charge in [0.05, 0.1) is 0 Å². The smallest absolute Gasteiger partial charge is 0 e. The molecule has 0 spiro atoms. The van der Waals surface area contributed by atoms with E-state index in [2.05, 4.69) is 38.6 Å². The fourth-order valence-corrected chi connectivity index (χ4v) is 0.802. The van der Waals surface area contributed by atoms with Gasteiger partial charge < -0.3 is 5.32 Å². The first-order chi connectivity index (χ1) is 8.00. The van der Waals surface area contributed by atoms with Crippen molar-refractivity contribution >= 4 is 0 Å². The van der Waals surface area contributed by atoms with E-state index in [1.54, 1.807) is 0 Å². The predicted molar refractivity (Wildman–Crippen MR) is 46.4 cm³/mol. The van der Waals surface area contributed by atoms with Crippen molar-refractivity contribution in [3.05, 3.63) is 33.3 Å². The first-order valence-corrected chi connectivity index (χ1v) is 3.73. The van der Waals surface area contributed by atoms with Crippen molar-refractivity contribution in [1.82, 2.24) is 5.32 Å². The van der Waals surface area contributed by atoms with Crippen LogP contribution in [0.15, 0.2) is 0 Å². The van der Waals surface area contributed by atoms with Crippen molar-refractivity contribution < 1.29 is 44.3 Å². The van der Waals surface area contributed by atoms with Gasteiger partial charge in [0.15, 0.2) is 0 Å². The van der Waals surface area contributed by atoms with Gasteiger partial charge in [0.2, 0.25) is 0 Å². The van der Waals surface area contributed by atoms with E-state index in [9.17, 15) is 0 Å². The molecule has 1 heterocycles. The van der Waals surface area contributed by atoms with Crippen LogP contribution >= 0.6 is 0 Å². The van der Waals surface area contributed by atoms with Gasteiger partial charge in [-0.3, -0.25) is 0 Å². The Labute approximate surface area is 115 Å². The van der Waals surface area contributed by atoms with Crippen molar-refractivity contribution in [2.45, 2.75) is 19.3 Å². The maximum atomic E-state index is 7.50. The molecule has 0 amide bonds. The quantitative estimate of drug-likeness (QED) is 0.458. The van der Waals surface area contributed by atoms with Crippen LogP contribution in [0.25, 0.3) is 0 Å². The molecule has 1 N–H and O–H groups in total. The molecule has 0 aromatic rings. The molecule has 0 aliphatic carbocycles. The first-order valence-electron chi connectivity index (χ1n) is 3.73. The van der Waals surface area contributed by atoms with E-state index in [1.807, 2.05) is 0 Å². The van der Waals surface area contributed by atoms with Crippen LogP contribution in [0.5, 0.6) is 0 Å². The Kier molecular flexibility index (Phi) is 234. The summed E-state index contributed by atoms with van der Waals surface area (Å²) in [6.07, 6.45) is 4.22. The Morgan fingerprint density at radius 1 is 0.529 bits per heavy atom. The van der Waals surface area contributed by atoms with Crippen LogP contribution in [0, 0.1) is 33.3 Å². The molecular weight excluding hydrogens is 398 g/mol. The van der Waals surface area contributed by atoms with Crippen LogP contribution in [-0.2, 0) is 44.3 Å². The van der Waals surface area contributed by atoms with Gasteiger partial charge in [-0.25, -0.2) is 0 Å². The Morgan fingerprint density at radius 3 is 0.824 bits per heavy atom. The molecule has 1 rings (SSSR count). The normalized spacial score (nSPS) is 9.06. The zero-order chi connectivity index (χ0) is 14.2. The van der Waals surface area contributed by atoms with Crippen molar-refractivity contribution in [2.75, 3.05) is 13.1 Å². The minimum absolute atomic E-state index is 0. The molecule has 0 radical (unpaired) electrons. The number of rotatable bonds is 0. The van der Waals surface area contributed by atoms with Crippen LogP contribution in [0.3, 0.4) is 0 Å². The van der Waals surface area contributed by atoms with Gasteiger partial charge in [-0.1, -0.05) is 6.42 Å². The van der Waals surface area contributed by atoms with Crippen molar-refractivity contribution in [1.29, 1.82) is 0 Å². The summed E-state index contributed by atoms with van der Waals surface area (Å²) in [5, 5.41) is 3.28. The monoisotopic (exact) mass is 409 g/mol. The topological polar surface area (TPSA) is 112 Å². The van der Waals surface area contributed by atoms with Crippen molar-refractivity contribution in [3.8, 4) is 0 Å². The standard InChI is InChI=1S/C5H11N.5CO.W/c1-2-4-6-5-3-1;5*1-2;/h6H,1-5H2;;;;;;. The Balaban J connectivity index is -0.0000000242. The fourth-order valence-electron chi connectivity index (χ4n) is 0.802. The van der Waals surface area contributed by atoms with Gasteiger partial charge in [0.1, 0.15) is 0 Å². The molecule has 1 saturated heterocycles. The summed E-state index contributed by atoms with van der Waals surface area (Å²) >= 11 is 0. The van der Waals surface area contributed by atoms with E-state index >= 15 is 0 Å². The molecule has 0 aromatic carbocycles. The third kappa shape index (κ3) is 95.6. The van der Waals surface area contributed by atoms with Gasteiger partial charge in [-0.2, -0.15) is 0 Å². The van der Waals surface area contributed by atoms with Crippen LogP contribution < -0.4 is 5.32 Å². The molecule has 1 aliphatic rings. The fraction of sp³-hybridized carbons (Fsp3) is 0.500. The minimum Gasteiger partial charge on any atom is 0 e. The van der Waals surface area contributed by atoms with E-state index in [4.69, 9.17) is 23.3 Å². The summed E-state index contributed by atoms with van der Waals surface area (Å²) in [5.41, 5.74) is 0. The maximum Gasteiger partial charge on any atom is 0 e. The molecular formula is C10H11NO5W. The Morgan fingerprint density at radius 2 is 0.765 bits per heavy atom. The SMILES string of the molecule is C1CCNCC1.[C-]#[O+].[C-]#[O+].[C-]#[O+].[C-]#[O+].[C-]#[O+].[W]. The van der Waals surface area contributed by atoms with E-state index in [1.165, 1.54) is 32.4 Å². The molecule has 0 unspecified atom stereocenters.